The van der Waals surface area contributed by atoms with E-state index in [4.69, 9.17) is 16.1 Å². The second-order valence-corrected chi connectivity index (χ2v) is 6.03. The van der Waals surface area contributed by atoms with Gasteiger partial charge in [0.05, 0.1) is 5.02 Å². The Kier molecular flexibility index (Phi) is 3.25. The lowest BCUT2D eigenvalue weighted by Crippen LogP contribution is -2.13. The quantitative estimate of drug-likeness (QED) is 0.686. The molecule has 0 aliphatic rings. The van der Waals surface area contributed by atoms with Gasteiger partial charge in [-0.15, -0.1) is 19.1 Å². The van der Waals surface area contributed by atoms with Crippen molar-refractivity contribution in [1.82, 2.24) is 29.1 Å². The Hall–Kier alpha value is -2.18. The molecule has 0 amide bonds. The zero-order valence-electron chi connectivity index (χ0n) is 9.94. The Morgan fingerprint density at radius 2 is 1.65 bits per heavy atom. The van der Waals surface area contributed by atoms with Crippen molar-refractivity contribution in [3.63, 3.8) is 0 Å². The summed E-state index contributed by atoms with van der Waals surface area (Å²) in [7, 11) is -3.68. The maximum Gasteiger partial charge on any atom is 0.491 e. The van der Waals surface area contributed by atoms with Gasteiger partial charge < -0.3 is 4.52 Å². The molecular weight excluding hydrogens is 303 g/mol. The zero-order valence-corrected chi connectivity index (χ0v) is 11.6. The highest BCUT2D eigenvalue weighted by atomic mass is 35.5. The normalized spacial score (nSPS) is 11.4. The van der Waals surface area contributed by atoms with E-state index in [1.54, 1.807) is 24.3 Å². The summed E-state index contributed by atoms with van der Waals surface area (Å²) >= 11 is 6.02. The molecule has 0 unspecified atom stereocenters. The molecule has 8 nitrogen and oxygen atoms in total. The van der Waals surface area contributed by atoms with Crippen LogP contribution in [0.3, 0.4) is 0 Å². The Morgan fingerprint density at radius 3 is 2.15 bits per heavy atom. The lowest BCUT2D eigenvalue weighted by atomic mass is 10.3. The van der Waals surface area contributed by atoms with Gasteiger partial charge in [-0.25, -0.2) is 14.5 Å². The van der Waals surface area contributed by atoms with Crippen LogP contribution in [0.15, 0.2) is 49.6 Å². The average molecular weight is 311 g/mol. The number of aromatic nitrogens is 6. The van der Waals surface area contributed by atoms with Crippen molar-refractivity contribution in [2.45, 2.75) is 0 Å². The maximum absolute atomic E-state index is 13.1. The number of hydrogen-bond donors (Lipinski definition) is 0. The number of hydrogen-bond acceptors (Lipinski definition) is 6. The topological polar surface area (TPSA) is 87.7 Å². The van der Waals surface area contributed by atoms with Crippen LogP contribution in [0.25, 0.3) is 0 Å². The third-order valence-electron chi connectivity index (χ3n) is 2.38. The minimum absolute atomic E-state index is 0.253. The van der Waals surface area contributed by atoms with Crippen LogP contribution in [-0.4, -0.2) is 29.1 Å². The summed E-state index contributed by atoms with van der Waals surface area (Å²) in [4.78, 5) is 7.53. The fourth-order valence-electron chi connectivity index (χ4n) is 1.49. The highest BCUT2D eigenvalue weighted by Crippen LogP contribution is 2.49. The van der Waals surface area contributed by atoms with E-state index in [9.17, 15) is 4.57 Å². The third kappa shape index (κ3) is 2.19. The van der Waals surface area contributed by atoms with E-state index in [1.807, 2.05) is 0 Å². The lowest BCUT2D eigenvalue weighted by molar-refractivity contribution is 0.447. The van der Waals surface area contributed by atoms with E-state index in [1.165, 1.54) is 25.3 Å². The summed E-state index contributed by atoms with van der Waals surface area (Å²) in [6, 6.07) is 6.69. The van der Waals surface area contributed by atoms with Gasteiger partial charge >= 0.3 is 7.67 Å². The predicted octanol–water partition coefficient (Wildman–Crippen LogP) is 2.11. The highest BCUT2D eigenvalue weighted by Gasteiger charge is 2.33. The van der Waals surface area contributed by atoms with Gasteiger partial charge in [-0.05, 0) is 12.1 Å². The second kappa shape index (κ2) is 5.07. The first-order valence-corrected chi connectivity index (χ1v) is 7.36. The van der Waals surface area contributed by atoms with Crippen molar-refractivity contribution in [2.75, 3.05) is 0 Å². The molecule has 0 saturated carbocycles. The molecule has 2 heterocycles. The monoisotopic (exact) mass is 310 g/mol. The Bertz CT molecular complexity index is 707. The van der Waals surface area contributed by atoms with Crippen LogP contribution in [0.5, 0.6) is 5.75 Å². The number of benzene rings is 1. The van der Waals surface area contributed by atoms with Gasteiger partial charge in [-0.1, -0.05) is 23.7 Å². The standard InChI is InChI=1S/C10H8ClN6O2P/c11-9-3-1-2-4-10(9)19-20(18,16-7-12-5-14-16)17-8-13-6-15-17/h1-8H. The minimum atomic E-state index is -3.68. The third-order valence-corrected chi connectivity index (χ3v) is 4.58. The average Bonchev–Trinajstić information content (AvgIpc) is 3.15. The second-order valence-electron chi connectivity index (χ2n) is 3.64. The van der Waals surface area contributed by atoms with E-state index in [0.29, 0.717) is 5.02 Å². The molecule has 0 atom stereocenters. The molecule has 0 aliphatic carbocycles. The lowest BCUT2D eigenvalue weighted by Gasteiger charge is -2.18. The largest absolute Gasteiger partial charge is 0.491 e. The maximum atomic E-state index is 13.1. The molecular formula is C10H8ClN6O2P. The molecule has 3 rings (SSSR count). The molecule has 0 spiro atoms. The van der Waals surface area contributed by atoms with E-state index < -0.39 is 7.67 Å². The molecule has 10 heteroatoms. The molecule has 0 radical (unpaired) electrons. The van der Waals surface area contributed by atoms with Crippen LogP contribution in [0.2, 0.25) is 5.02 Å². The molecule has 0 N–H and O–H groups in total. The zero-order chi connectivity index (χ0) is 14.0. The number of halogens is 1. The summed E-state index contributed by atoms with van der Waals surface area (Å²) in [5.74, 6) is 0.253. The number of nitrogens with zero attached hydrogens (tertiary/aromatic N) is 6. The minimum Gasteiger partial charge on any atom is -0.410 e. The van der Waals surface area contributed by atoms with Gasteiger partial charge in [0.1, 0.15) is 31.1 Å². The fraction of sp³-hybridized carbons (Fsp3) is 0. The summed E-state index contributed by atoms with van der Waals surface area (Å²) in [6.07, 6.45) is 5.05. The molecule has 20 heavy (non-hydrogen) atoms. The van der Waals surface area contributed by atoms with Crippen LogP contribution in [0.1, 0.15) is 0 Å². The van der Waals surface area contributed by atoms with Gasteiger partial charge in [0.15, 0.2) is 0 Å². The Morgan fingerprint density at radius 1 is 1.05 bits per heavy atom. The van der Waals surface area contributed by atoms with Crippen molar-refractivity contribution in [1.29, 1.82) is 0 Å². The smallest absolute Gasteiger partial charge is 0.410 e. The first-order chi connectivity index (χ1) is 9.70. The van der Waals surface area contributed by atoms with Gasteiger partial charge in [0.25, 0.3) is 0 Å². The van der Waals surface area contributed by atoms with Crippen LogP contribution in [0.4, 0.5) is 0 Å². The predicted molar refractivity (Wildman–Crippen MR) is 70.5 cm³/mol. The molecule has 0 saturated heterocycles. The van der Waals surface area contributed by atoms with Crippen molar-refractivity contribution < 1.29 is 9.09 Å². The first kappa shape index (κ1) is 12.8. The van der Waals surface area contributed by atoms with E-state index in [0.717, 1.165) is 8.90 Å². The summed E-state index contributed by atoms with van der Waals surface area (Å²) in [6.45, 7) is 0. The van der Waals surface area contributed by atoms with Crippen LogP contribution in [-0.2, 0) is 4.57 Å². The van der Waals surface area contributed by atoms with Crippen molar-refractivity contribution >= 4 is 19.3 Å². The van der Waals surface area contributed by atoms with Crippen molar-refractivity contribution in [3.05, 3.63) is 54.6 Å². The van der Waals surface area contributed by atoms with E-state index in [-0.39, 0.29) is 5.75 Å². The summed E-state index contributed by atoms with van der Waals surface area (Å²) < 4.78 is 20.8. The molecule has 1 aromatic carbocycles. The molecule has 0 bridgehead atoms. The Balaban J connectivity index is 2.09. The van der Waals surface area contributed by atoms with Gasteiger partial charge in [0.2, 0.25) is 0 Å². The van der Waals surface area contributed by atoms with E-state index in [2.05, 4.69) is 20.2 Å². The van der Waals surface area contributed by atoms with Crippen LogP contribution >= 0.6 is 19.3 Å². The van der Waals surface area contributed by atoms with Crippen molar-refractivity contribution in [2.24, 2.45) is 0 Å². The molecule has 0 aliphatic heterocycles. The highest BCUT2D eigenvalue weighted by molar-refractivity contribution is 7.55. The van der Waals surface area contributed by atoms with Gasteiger partial charge in [0, 0.05) is 0 Å². The first-order valence-electron chi connectivity index (χ1n) is 5.45. The van der Waals surface area contributed by atoms with Crippen LogP contribution < -0.4 is 4.52 Å². The number of para-hydroxylation sites is 1. The number of rotatable bonds is 4. The Labute approximate surface area is 118 Å². The fourth-order valence-corrected chi connectivity index (χ4v) is 3.22. The van der Waals surface area contributed by atoms with Crippen LogP contribution in [0, 0.1) is 0 Å². The van der Waals surface area contributed by atoms with E-state index >= 15 is 0 Å². The summed E-state index contributed by atoms with van der Waals surface area (Å²) in [5, 5.41) is 8.04. The molecule has 3 aromatic rings. The van der Waals surface area contributed by atoms with Gasteiger partial charge in [-0.2, -0.15) is 0 Å². The van der Waals surface area contributed by atoms with Gasteiger partial charge in [-0.3, -0.25) is 0 Å². The SMILES string of the molecule is O=P(Oc1ccccc1Cl)(n1cncn1)n1cncn1. The molecule has 102 valence electrons. The molecule has 2 aromatic heterocycles. The summed E-state index contributed by atoms with van der Waals surface area (Å²) in [5.41, 5.74) is 0. The van der Waals surface area contributed by atoms with Crippen molar-refractivity contribution in [3.8, 4) is 5.75 Å². The molecule has 0 fully saturated rings.